The maximum absolute atomic E-state index is 13.2. The van der Waals surface area contributed by atoms with Crippen molar-refractivity contribution in [1.82, 2.24) is 4.90 Å². The number of aliphatic hydroxyl groups is 2. The Morgan fingerprint density at radius 2 is 1.80 bits per heavy atom. The molecule has 41 heavy (non-hydrogen) atoms. The van der Waals surface area contributed by atoms with Crippen molar-refractivity contribution >= 4 is 23.4 Å². The highest BCUT2D eigenvalue weighted by atomic mass is 16.6. The molecular formula is C31H47NO9. The molecule has 0 spiro atoms. The van der Waals surface area contributed by atoms with E-state index in [2.05, 4.69) is 0 Å². The van der Waals surface area contributed by atoms with Crippen molar-refractivity contribution in [2.24, 2.45) is 17.8 Å². The fourth-order valence-corrected chi connectivity index (χ4v) is 5.48. The summed E-state index contributed by atoms with van der Waals surface area (Å²) >= 11 is 0. The first-order valence-corrected chi connectivity index (χ1v) is 14.5. The highest BCUT2D eigenvalue weighted by Gasteiger charge is 2.52. The number of carbonyl (C=O) groups excluding carboxylic acids is 3. The molecular weight excluding hydrogens is 530 g/mol. The summed E-state index contributed by atoms with van der Waals surface area (Å²) in [5.74, 6) is -6.47. The lowest BCUT2D eigenvalue weighted by Crippen LogP contribution is -2.60. The quantitative estimate of drug-likeness (QED) is 0.209. The van der Waals surface area contributed by atoms with Crippen LogP contribution in [0.2, 0.25) is 0 Å². The summed E-state index contributed by atoms with van der Waals surface area (Å²) in [6, 6.07) is -1.09. The molecule has 0 aromatic carbocycles. The summed E-state index contributed by atoms with van der Waals surface area (Å²) < 4.78 is 11.6. The molecule has 0 unspecified atom stereocenters. The molecule has 2 aliphatic heterocycles. The Hall–Kier alpha value is -2.66. The molecule has 7 atom stereocenters. The fraction of sp³-hybridized carbons (Fsp3) is 0.677. The molecule has 1 amide bonds. The fourth-order valence-electron chi connectivity index (χ4n) is 5.48. The summed E-state index contributed by atoms with van der Waals surface area (Å²) in [5, 5.41) is 29.8. The first kappa shape index (κ1) is 34.5. The van der Waals surface area contributed by atoms with Crippen molar-refractivity contribution in [3.63, 3.8) is 0 Å². The number of likely N-dealkylation sites (tertiary alicyclic amines) is 1. The number of hydrogen-bond acceptors (Lipinski definition) is 8. The Bertz CT molecular complexity index is 1020. The molecule has 0 saturated carbocycles. The van der Waals surface area contributed by atoms with Gasteiger partial charge in [0.15, 0.2) is 5.78 Å². The predicted octanol–water partition coefficient (Wildman–Crippen LogP) is 3.21. The van der Waals surface area contributed by atoms with Crippen molar-refractivity contribution in [2.45, 2.75) is 96.7 Å². The van der Waals surface area contributed by atoms with Gasteiger partial charge >= 0.3 is 5.97 Å². The van der Waals surface area contributed by atoms with Crippen LogP contribution in [-0.4, -0.2) is 88.0 Å². The third-order valence-electron chi connectivity index (χ3n) is 8.23. The number of carboxylic acids is 1. The molecule has 10 nitrogen and oxygen atoms in total. The number of piperidine rings is 1. The second-order valence-corrected chi connectivity index (χ2v) is 11.5. The van der Waals surface area contributed by atoms with Gasteiger partial charge in [0.05, 0.1) is 12.2 Å². The van der Waals surface area contributed by atoms with Crippen molar-refractivity contribution in [1.29, 1.82) is 0 Å². The Morgan fingerprint density at radius 1 is 1.10 bits per heavy atom. The molecule has 0 aromatic rings. The van der Waals surface area contributed by atoms with E-state index in [4.69, 9.17) is 14.6 Å². The van der Waals surface area contributed by atoms with E-state index in [1.807, 2.05) is 51.2 Å². The molecule has 2 saturated heterocycles. The summed E-state index contributed by atoms with van der Waals surface area (Å²) in [4.78, 5) is 50.6. The van der Waals surface area contributed by atoms with E-state index >= 15 is 0 Å². The molecule has 2 heterocycles. The van der Waals surface area contributed by atoms with Gasteiger partial charge < -0.3 is 29.7 Å². The van der Waals surface area contributed by atoms with Crippen LogP contribution in [-0.2, 0) is 28.7 Å². The first-order valence-electron chi connectivity index (χ1n) is 14.5. The molecule has 2 aliphatic rings. The van der Waals surface area contributed by atoms with E-state index in [1.54, 1.807) is 14.0 Å². The second kappa shape index (κ2) is 16.1. The van der Waals surface area contributed by atoms with Gasteiger partial charge in [-0.1, -0.05) is 51.2 Å². The standard InChI is InChI=1S/C31H47NO9/c1-20(17-22(3)26(34)19-33)11-7-6-8-12-21(2)27(40-5)18-24-15-14-23(4)31(39,41-24)28(35)29(36)32-16-10-9-13-25(32)30(37)38/h6-8,11-12,20,22-25,27,33,39H,9-10,13-19H2,1-5H3,(H,37,38)/b8-6+,11-7+,21-12+/t20-,22-,23-,24+,25+,27+,31-/m1/s1. The third kappa shape index (κ3) is 9.43. The van der Waals surface area contributed by atoms with Crippen LogP contribution in [0.15, 0.2) is 36.0 Å². The second-order valence-electron chi connectivity index (χ2n) is 11.5. The van der Waals surface area contributed by atoms with Crippen LogP contribution in [0.3, 0.4) is 0 Å². The highest BCUT2D eigenvalue weighted by molar-refractivity contribution is 6.39. The maximum atomic E-state index is 13.2. The Labute approximate surface area is 243 Å². The number of Topliss-reactive ketones (excluding diaryl/α,β-unsaturated/α-hetero) is 2. The van der Waals surface area contributed by atoms with Crippen LogP contribution in [0.25, 0.3) is 0 Å². The van der Waals surface area contributed by atoms with Gasteiger partial charge in [0.1, 0.15) is 12.6 Å². The number of ether oxygens (including phenoxy) is 2. The van der Waals surface area contributed by atoms with E-state index < -0.39 is 48.1 Å². The molecule has 10 heteroatoms. The molecule has 230 valence electrons. The first-order chi connectivity index (χ1) is 19.3. The summed E-state index contributed by atoms with van der Waals surface area (Å²) in [6.07, 6.45) is 12.2. The van der Waals surface area contributed by atoms with E-state index in [0.717, 1.165) is 10.5 Å². The van der Waals surface area contributed by atoms with Crippen LogP contribution >= 0.6 is 0 Å². The molecule has 0 radical (unpaired) electrons. The smallest absolute Gasteiger partial charge is 0.326 e. The minimum absolute atomic E-state index is 0.148. The number of nitrogens with zero attached hydrogens (tertiary/aromatic N) is 1. The molecule has 3 N–H and O–H groups in total. The van der Waals surface area contributed by atoms with Crippen molar-refractivity contribution in [3.05, 3.63) is 36.0 Å². The SMILES string of the molecule is CO[C@@H](C[C@@H]1CC[C@@H](C)[C@](O)(C(=O)C(=O)N2CCCC[C@H]2C(=O)O)O1)/C(C)=C/C=C/C=C/[C@@H](C)C[C@@H](C)C(=O)CO. The summed E-state index contributed by atoms with van der Waals surface area (Å²) in [5.41, 5.74) is 0.901. The largest absolute Gasteiger partial charge is 0.480 e. The van der Waals surface area contributed by atoms with Gasteiger partial charge in [-0.15, -0.1) is 0 Å². The Balaban J connectivity index is 2.02. The minimum Gasteiger partial charge on any atom is -0.480 e. The van der Waals surface area contributed by atoms with Gasteiger partial charge in [0, 0.05) is 31.9 Å². The van der Waals surface area contributed by atoms with E-state index in [9.17, 15) is 29.4 Å². The molecule has 0 aromatic heterocycles. The molecule has 0 bridgehead atoms. The number of hydrogen-bond donors (Lipinski definition) is 3. The lowest BCUT2D eigenvalue weighted by Gasteiger charge is -2.42. The van der Waals surface area contributed by atoms with Crippen LogP contribution in [0, 0.1) is 17.8 Å². The number of ketones is 2. The number of carboxylic acid groups (broad SMARTS) is 1. The zero-order valence-electron chi connectivity index (χ0n) is 25.0. The monoisotopic (exact) mass is 577 g/mol. The normalized spacial score (nSPS) is 28.0. The van der Waals surface area contributed by atoms with Gasteiger partial charge in [0.25, 0.3) is 11.7 Å². The van der Waals surface area contributed by atoms with Crippen molar-refractivity contribution in [3.8, 4) is 0 Å². The predicted molar refractivity (Wildman–Crippen MR) is 153 cm³/mol. The minimum atomic E-state index is -2.34. The summed E-state index contributed by atoms with van der Waals surface area (Å²) in [6.45, 7) is 7.08. The Morgan fingerprint density at radius 3 is 2.44 bits per heavy atom. The van der Waals surface area contributed by atoms with Crippen LogP contribution in [0.1, 0.15) is 72.6 Å². The number of methoxy groups -OCH3 is 1. The molecule has 2 fully saturated rings. The van der Waals surface area contributed by atoms with Gasteiger partial charge in [-0.05, 0) is 56.9 Å². The van der Waals surface area contributed by atoms with Gasteiger partial charge in [0.2, 0.25) is 5.79 Å². The summed E-state index contributed by atoms with van der Waals surface area (Å²) in [7, 11) is 1.57. The topological polar surface area (TPSA) is 151 Å². The highest BCUT2D eigenvalue weighted by Crippen LogP contribution is 2.36. The van der Waals surface area contributed by atoms with Crippen LogP contribution < -0.4 is 0 Å². The van der Waals surface area contributed by atoms with Gasteiger partial charge in [-0.2, -0.15) is 0 Å². The zero-order chi connectivity index (χ0) is 30.7. The zero-order valence-corrected chi connectivity index (χ0v) is 25.0. The van der Waals surface area contributed by atoms with Crippen LogP contribution in [0.5, 0.6) is 0 Å². The number of allylic oxidation sites excluding steroid dienone is 5. The lowest BCUT2D eigenvalue weighted by molar-refractivity contribution is -0.265. The van der Waals surface area contributed by atoms with Crippen LogP contribution in [0.4, 0.5) is 0 Å². The average molecular weight is 578 g/mol. The average Bonchev–Trinajstić information content (AvgIpc) is 2.95. The van der Waals surface area contributed by atoms with Gasteiger partial charge in [-0.25, -0.2) is 4.79 Å². The maximum Gasteiger partial charge on any atom is 0.326 e. The van der Waals surface area contributed by atoms with Gasteiger partial charge in [-0.3, -0.25) is 14.4 Å². The number of rotatable bonds is 14. The lowest BCUT2D eigenvalue weighted by atomic mass is 9.85. The number of carbonyl (C=O) groups is 4. The number of aliphatic hydroxyl groups excluding tert-OH is 1. The molecule has 0 aliphatic carbocycles. The third-order valence-corrected chi connectivity index (χ3v) is 8.23. The van der Waals surface area contributed by atoms with E-state index in [-0.39, 0.29) is 36.7 Å². The van der Waals surface area contributed by atoms with Crippen molar-refractivity contribution in [2.75, 3.05) is 20.3 Å². The van der Waals surface area contributed by atoms with E-state index in [0.29, 0.717) is 38.5 Å². The molecule has 2 rings (SSSR count). The van der Waals surface area contributed by atoms with Crippen molar-refractivity contribution < 1.29 is 44.0 Å². The number of amides is 1. The number of aliphatic carboxylic acids is 1. The Kier molecular flexibility index (Phi) is 13.6. The van der Waals surface area contributed by atoms with E-state index in [1.165, 1.54) is 0 Å².